The van der Waals surface area contributed by atoms with Crippen molar-refractivity contribution >= 4 is 17.1 Å². The quantitative estimate of drug-likeness (QED) is 0.543. The van der Waals surface area contributed by atoms with Crippen LogP contribution in [-0.2, 0) is 25.5 Å². The van der Waals surface area contributed by atoms with Crippen molar-refractivity contribution in [2.75, 3.05) is 0 Å². The molecule has 0 atom stereocenters. The normalized spacial score (nSPS) is 9.60. The van der Waals surface area contributed by atoms with Gasteiger partial charge < -0.3 is 15.2 Å². The fraction of sp³-hybridized carbons (Fsp3) is 0.267. The number of imidazole rings is 1. The van der Waals surface area contributed by atoms with E-state index in [4.69, 9.17) is 15.0 Å². The number of carbonyl (C=O) groups is 1. The van der Waals surface area contributed by atoms with Gasteiger partial charge in [-0.25, -0.2) is 9.78 Å². The zero-order chi connectivity index (χ0) is 19.0. The molecule has 0 spiro atoms. The highest BCUT2D eigenvalue weighted by Gasteiger charge is 2.08. The Hall–Kier alpha value is -3.27. The van der Waals surface area contributed by atoms with Crippen LogP contribution in [0, 0.1) is 0 Å². The summed E-state index contributed by atoms with van der Waals surface area (Å²) in [6.07, 6.45) is 4.71. The van der Waals surface area contributed by atoms with Crippen LogP contribution in [0.2, 0.25) is 0 Å². The van der Waals surface area contributed by atoms with E-state index in [1.165, 1.54) is 17.9 Å². The van der Waals surface area contributed by atoms with Gasteiger partial charge in [-0.3, -0.25) is 23.7 Å². The highest BCUT2D eigenvalue weighted by Crippen LogP contribution is 1.97. The third-order valence-corrected chi connectivity index (χ3v) is 2.93. The minimum atomic E-state index is -0.833. The third kappa shape index (κ3) is 5.39. The van der Waals surface area contributed by atoms with Crippen molar-refractivity contribution < 1.29 is 15.0 Å². The van der Waals surface area contributed by atoms with Crippen molar-refractivity contribution in [1.29, 1.82) is 0 Å². The molecule has 10 nitrogen and oxygen atoms in total. The zero-order valence-corrected chi connectivity index (χ0v) is 14.0. The first-order valence-electron chi connectivity index (χ1n) is 7.08. The summed E-state index contributed by atoms with van der Waals surface area (Å²) >= 11 is 0. The number of hydrogen-bond donors (Lipinski definition) is 3. The van der Waals surface area contributed by atoms with Gasteiger partial charge in [-0.1, -0.05) is 6.07 Å². The Morgan fingerprint density at radius 1 is 1.28 bits per heavy atom. The molecule has 0 aromatic carbocycles. The lowest BCUT2D eigenvalue weighted by Gasteiger charge is -2.00. The van der Waals surface area contributed by atoms with Crippen LogP contribution < -0.4 is 11.2 Å². The lowest BCUT2D eigenvalue weighted by molar-refractivity contribution is -0.134. The van der Waals surface area contributed by atoms with Gasteiger partial charge in [0.05, 0.1) is 12.9 Å². The monoisotopic (exact) mass is 349 g/mol. The molecule has 3 aromatic rings. The number of hydrogen-bond acceptors (Lipinski definition) is 6. The maximum atomic E-state index is 11.4. The SMILES string of the molecule is CC(=O)O.Cn1c(=O)c2[nH]cnc2n(C)c1=O.OCc1cccnc1. The summed E-state index contributed by atoms with van der Waals surface area (Å²) in [6, 6.07) is 3.62. The number of pyridine rings is 1. The Kier molecular flexibility index (Phi) is 7.22. The minimum absolute atomic E-state index is 0.0772. The summed E-state index contributed by atoms with van der Waals surface area (Å²) in [7, 11) is 3.01. The van der Waals surface area contributed by atoms with Crippen molar-refractivity contribution in [2.24, 2.45) is 14.1 Å². The molecule has 3 heterocycles. The fourth-order valence-corrected chi connectivity index (χ4v) is 1.76. The number of nitrogens with zero attached hydrogens (tertiary/aromatic N) is 4. The number of aliphatic carboxylic acids is 1. The first kappa shape index (κ1) is 19.8. The second-order valence-corrected chi connectivity index (χ2v) is 4.85. The van der Waals surface area contributed by atoms with Crippen molar-refractivity contribution in [3.63, 3.8) is 0 Å². The molecule has 10 heteroatoms. The van der Waals surface area contributed by atoms with Gasteiger partial charge in [0, 0.05) is 33.4 Å². The molecule has 3 rings (SSSR count). The van der Waals surface area contributed by atoms with Gasteiger partial charge in [-0.05, 0) is 11.6 Å². The van der Waals surface area contributed by atoms with Crippen LogP contribution >= 0.6 is 0 Å². The molecule has 0 aliphatic rings. The number of carboxylic acid groups (broad SMARTS) is 1. The molecule has 0 aliphatic carbocycles. The number of fused-ring (bicyclic) bond motifs is 1. The molecule has 0 radical (unpaired) electrons. The molecule has 0 saturated heterocycles. The maximum absolute atomic E-state index is 11.4. The highest BCUT2D eigenvalue weighted by molar-refractivity contribution is 5.68. The van der Waals surface area contributed by atoms with E-state index in [0.717, 1.165) is 17.1 Å². The van der Waals surface area contributed by atoms with Gasteiger partial charge >= 0.3 is 5.69 Å². The number of aliphatic hydroxyl groups excluding tert-OH is 1. The number of nitrogens with one attached hydrogen (secondary N) is 1. The summed E-state index contributed by atoms with van der Waals surface area (Å²) in [5.74, 6) is -0.833. The average molecular weight is 349 g/mol. The molecule has 25 heavy (non-hydrogen) atoms. The predicted molar refractivity (Wildman–Crippen MR) is 90.0 cm³/mol. The first-order valence-corrected chi connectivity index (χ1v) is 7.08. The van der Waals surface area contributed by atoms with Crippen LogP contribution in [0.4, 0.5) is 0 Å². The molecule has 3 N–H and O–H groups in total. The Morgan fingerprint density at radius 2 is 1.92 bits per heavy atom. The Morgan fingerprint density at radius 3 is 2.40 bits per heavy atom. The number of aromatic nitrogens is 5. The van der Waals surface area contributed by atoms with Gasteiger partial charge in [0.2, 0.25) is 0 Å². The lowest BCUT2D eigenvalue weighted by atomic mass is 10.3. The number of aliphatic hydroxyl groups is 1. The van der Waals surface area contributed by atoms with Crippen LogP contribution in [0.1, 0.15) is 12.5 Å². The number of aryl methyl sites for hydroxylation is 1. The van der Waals surface area contributed by atoms with Gasteiger partial charge in [0.25, 0.3) is 11.5 Å². The van der Waals surface area contributed by atoms with E-state index in [0.29, 0.717) is 11.2 Å². The molecule has 0 fully saturated rings. The maximum Gasteiger partial charge on any atom is 0.332 e. The van der Waals surface area contributed by atoms with Crippen LogP contribution in [0.5, 0.6) is 0 Å². The standard InChI is InChI=1S/C7H8N4O2.C6H7NO.C2H4O2/c1-10-5-4(8-3-9-5)6(12)11(2)7(10)13;8-5-6-2-1-3-7-4-6;1-2(3)4/h3H,1-2H3,(H,8,9);1-4,8H,5H2;1H3,(H,3,4). The molecule has 0 amide bonds. The first-order chi connectivity index (χ1) is 11.8. The Labute approximate surface area is 142 Å². The molecule has 0 bridgehead atoms. The summed E-state index contributed by atoms with van der Waals surface area (Å²) in [5, 5.41) is 15.9. The van der Waals surface area contributed by atoms with Crippen LogP contribution in [0.15, 0.2) is 40.4 Å². The van der Waals surface area contributed by atoms with Crippen molar-refractivity contribution in [1.82, 2.24) is 24.1 Å². The Balaban J connectivity index is 0.000000223. The summed E-state index contributed by atoms with van der Waals surface area (Å²) in [5.41, 5.74) is 0.866. The van der Waals surface area contributed by atoms with E-state index in [1.807, 2.05) is 6.07 Å². The molecule has 0 aliphatic heterocycles. The van der Waals surface area contributed by atoms with E-state index in [2.05, 4.69) is 15.0 Å². The average Bonchev–Trinajstić information content (AvgIpc) is 3.09. The van der Waals surface area contributed by atoms with E-state index in [-0.39, 0.29) is 17.9 Å². The molecule has 3 aromatic heterocycles. The predicted octanol–water partition coefficient (Wildman–Crippen LogP) is -0.375. The summed E-state index contributed by atoms with van der Waals surface area (Å²) in [6.45, 7) is 1.16. The van der Waals surface area contributed by atoms with E-state index >= 15 is 0 Å². The van der Waals surface area contributed by atoms with E-state index in [1.54, 1.807) is 25.5 Å². The minimum Gasteiger partial charge on any atom is -0.481 e. The van der Waals surface area contributed by atoms with Crippen LogP contribution in [-0.4, -0.2) is 40.3 Å². The summed E-state index contributed by atoms with van der Waals surface area (Å²) < 4.78 is 2.37. The smallest absolute Gasteiger partial charge is 0.332 e. The Bertz CT molecular complexity index is 938. The molecule has 134 valence electrons. The van der Waals surface area contributed by atoms with Gasteiger partial charge in [0.15, 0.2) is 5.65 Å². The van der Waals surface area contributed by atoms with Gasteiger partial charge in [0.1, 0.15) is 5.52 Å². The van der Waals surface area contributed by atoms with Gasteiger partial charge in [-0.15, -0.1) is 0 Å². The number of H-pyrrole nitrogens is 1. The molecule has 0 saturated carbocycles. The zero-order valence-electron chi connectivity index (χ0n) is 14.0. The number of carboxylic acids is 1. The number of rotatable bonds is 1. The molecular weight excluding hydrogens is 330 g/mol. The molecule has 0 unspecified atom stereocenters. The van der Waals surface area contributed by atoms with Crippen molar-refractivity contribution in [3.8, 4) is 0 Å². The van der Waals surface area contributed by atoms with Crippen molar-refractivity contribution in [2.45, 2.75) is 13.5 Å². The fourth-order valence-electron chi connectivity index (χ4n) is 1.76. The highest BCUT2D eigenvalue weighted by atomic mass is 16.4. The molecular formula is C15H19N5O5. The number of aromatic amines is 1. The summed E-state index contributed by atoms with van der Waals surface area (Å²) in [4.78, 5) is 42.2. The second kappa shape index (κ2) is 9.13. The van der Waals surface area contributed by atoms with Gasteiger partial charge in [-0.2, -0.15) is 0 Å². The van der Waals surface area contributed by atoms with E-state index in [9.17, 15) is 9.59 Å². The van der Waals surface area contributed by atoms with E-state index < -0.39 is 5.97 Å². The topological polar surface area (TPSA) is 143 Å². The van der Waals surface area contributed by atoms with Crippen molar-refractivity contribution in [3.05, 3.63) is 57.3 Å². The van der Waals surface area contributed by atoms with Crippen LogP contribution in [0.25, 0.3) is 11.2 Å². The second-order valence-electron chi connectivity index (χ2n) is 4.85. The lowest BCUT2D eigenvalue weighted by Crippen LogP contribution is -2.36. The van der Waals surface area contributed by atoms with Crippen LogP contribution in [0.3, 0.4) is 0 Å². The largest absolute Gasteiger partial charge is 0.481 e. The third-order valence-electron chi connectivity index (χ3n) is 2.93.